The molecule has 2 heterocycles. The third kappa shape index (κ3) is 2.63. The molecule has 4 aliphatic rings. The van der Waals surface area contributed by atoms with Gasteiger partial charge in [0.25, 0.3) is 0 Å². The summed E-state index contributed by atoms with van der Waals surface area (Å²) in [5, 5.41) is 3.79. The SMILES string of the molecule is CC12C=CC=CC1N(c1ccccc1)c1cc(-c3ccc4c(c3)C3(C)CC=CCC3N4)ccc12. The van der Waals surface area contributed by atoms with E-state index in [9.17, 15) is 0 Å². The van der Waals surface area contributed by atoms with Crippen LogP contribution in [0.3, 0.4) is 0 Å². The van der Waals surface area contributed by atoms with Crippen molar-refractivity contribution in [2.75, 3.05) is 10.2 Å². The fourth-order valence-corrected chi connectivity index (χ4v) is 6.72. The summed E-state index contributed by atoms with van der Waals surface area (Å²) in [6.45, 7) is 4.80. The number of hydrogen-bond acceptors (Lipinski definition) is 2. The number of nitrogens with one attached hydrogen (secondary N) is 1. The van der Waals surface area contributed by atoms with Crippen molar-refractivity contribution in [1.29, 1.82) is 0 Å². The summed E-state index contributed by atoms with van der Waals surface area (Å²) in [6.07, 6.45) is 16.0. The molecule has 0 saturated heterocycles. The number of anilines is 3. The number of benzene rings is 3. The number of fused-ring (bicyclic) bond motifs is 6. The third-order valence-electron chi connectivity index (χ3n) is 8.76. The van der Waals surface area contributed by atoms with Crippen molar-refractivity contribution in [3.63, 3.8) is 0 Å². The Kier molecular flexibility index (Phi) is 4.09. The molecule has 3 aromatic rings. The van der Waals surface area contributed by atoms with E-state index in [2.05, 4.69) is 127 Å². The van der Waals surface area contributed by atoms with E-state index in [1.54, 1.807) is 0 Å². The molecule has 168 valence electrons. The summed E-state index contributed by atoms with van der Waals surface area (Å²) in [6, 6.07) is 25.7. The van der Waals surface area contributed by atoms with Gasteiger partial charge in [0, 0.05) is 33.9 Å². The molecular weight excluding hydrogens is 412 g/mol. The highest BCUT2D eigenvalue weighted by atomic mass is 15.2. The number of para-hydroxylation sites is 1. The third-order valence-corrected chi connectivity index (χ3v) is 8.76. The topological polar surface area (TPSA) is 15.3 Å². The maximum atomic E-state index is 3.79. The van der Waals surface area contributed by atoms with Gasteiger partial charge in [-0.05, 0) is 72.4 Å². The zero-order valence-electron chi connectivity index (χ0n) is 19.8. The van der Waals surface area contributed by atoms with Gasteiger partial charge in [0.1, 0.15) is 0 Å². The van der Waals surface area contributed by atoms with E-state index in [0.717, 1.165) is 12.8 Å². The van der Waals surface area contributed by atoms with Crippen molar-refractivity contribution in [3.8, 4) is 11.1 Å². The normalized spacial score (nSPS) is 29.9. The summed E-state index contributed by atoms with van der Waals surface area (Å²) in [5.74, 6) is 0. The molecular formula is C32H30N2. The molecule has 0 aromatic heterocycles. The second kappa shape index (κ2) is 6.99. The highest BCUT2D eigenvalue weighted by Crippen LogP contribution is 2.53. The second-order valence-corrected chi connectivity index (χ2v) is 10.7. The van der Waals surface area contributed by atoms with Crippen molar-refractivity contribution in [3.05, 3.63) is 114 Å². The molecule has 3 aromatic carbocycles. The first-order chi connectivity index (χ1) is 16.6. The van der Waals surface area contributed by atoms with Gasteiger partial charge in [-0.2, -0.15) is 0 Å². The quantitative estimate of drug-likeness (QED) is 0.410. The van der Waals surface area contributed by atoms with Crippen LogP contribution in [-0.4, -0.2) is 12.1 Å². The molecule has 4 unspecified atom stereocenters. The summed E-state index contributed by atoms with van der Waals surface area (Å²) in [7, 11) is 0. The summed E-state index contributed by atoms with van der Waals surface area (Å²) < 4.78 is 0. The molecule has 2 nitrogen and oxygen atoms in total. The first-order valence-electron chi connectivity index (χ1n) is 12.5. The molecule has 2 aliphatic heterocycles. The molecule has 4 atom stereocenters. The van der Waals surface area contributed by atoms with Crippen LogP contribution in [-0.2, 0) is 10.8 Å². The van der Waals surface area contributed by atoms with Crippen LogP contribution in [0.25, 0.3) is 11.1 Å². The van der Waals surface area contributed by atoms with E-state index < -0.39 is 0 Å². The summed E-state index contributed by atoms with van der Waals surface area (Å²) >= 11 is 0. The minimum atomic E-state index is -0.0323. The first-order valence-corrected chi connectivity index (χ1v) is 12.5. The fourth-order valence-electron chi connectivity index (χ4n) is 6.72. The number of hydrogen-bond donors (Lipinski definition) is 1. The lowest BCUT2D eigenvalue weighted by molar-refractivity contribution is 0.410. The van der Waals surface area contributed by atoms with Gasteiger partial charge >= 0.3 is 0 Å². The maximum absolute atomic E-state index is 3.79. The van der Waals surface area contributed by atoms with Crippen molar-refractivity contribution in [2.24, 2.45) is 0 Å². The van der Waals surface area contributed by atoms with Gasteiger partial charge in [-0.15, -0.1) is 0 Å². The van der Waals surface area contributed by atoms with Gasteiger partial charge in [-0.25, -0.2) is 0 Å². The van der Waals surface area contributed by atoms with Crippen LogP contribution >= 0.6 is 0 Å². The van der Waals surface area contributed by atoms with Gasteiger partial charge in [0.05, 0.1) is 6.04 Å². The minimum absolute atomic E-state index is 0.0323. The Bertz CT molecular complexity index is 1380. The van der Waals surface area contributed by atoms with Gasteiger partial charge in [0.15, 0.2) is 0 Å². The molecule has 0 saturated carbocycles. The maximum Gasteiger partial charge on any atom is 0.0655 e. The van der Waals surface area contributed by atoms with Crippen LogP contribution in [0.4, 0.5) is 17.1 Å². The van der Waals surface area contributed by atoms with E-state index in [-0.39, 0.29) is 16.9 Å². The van der Waals surface area contributed by atoms with E-state index in [4.69, 9.17) is 0 Å². The lowest BCUT2D eigenvalue weighted by atomic mass is 9.72. The largest absolute Gasteiger partial charge is 0.381 e. The van der Waals surface area contributed by atoms with E-state index in [1.807, 2.05) is 0 Å². The summed E-state index contributed by atoms with van der Waals surface area (Å²) in [5.41, 5.74) is 9.47. The highest BCUT2D eigenvalue weighted by molar-refractivity contribution is 5.82. The van der Waals surface area contributed by atoms with Gasteiger partial charge in [0.2, 0.25) is 0 Å². The predicted octanol–water partition coefficient (Wildman–Crippen LogP) is 7.66. The Hall–Kier alpha value is -3.52. The fraction of sp³-hybridized carbons (Fsp3) is 0.250. The van der Waals surface area contributed by atoms with Gasteiger partial charge in [-0.1, -0.05) is 79.8 Å². The molecule has 2 heteroatoms. The monoisotopic (exact) mass is 442 g/mol. The highest BCUT2D eigenvalue weighted by Gasteiger charge is 2.47. The van der Waals surface area contributed by atoms with E-state index in [0.29, 0.717) is 6.04 Å². The van der Waals surface area contributed by atoms with Crippen molar-refractivity contribution >= 4 is 17.1 Å². The standard InChI is InChI=1S/C32H30N2/c1-31-18-8-6-12-29(31)33-27-17-15-22(20-26(27)31)23-14-16-25-28(21-23)34(24-10-4-3-5-11-24)30-13-7-9-19-32(25,30)2/h3-11,13-17,19-21,29-30,33H,12,18H2,1-2H3. The van der Waals surface area contributed by atoms with Crippen LogP contribution in [0.15, 0.2) is 103 Å². The number of rotatable bonds is 2. The molecule has 34 heavy (non-hydrogen) atoms. The lowest BCUT2D eigenvalue weighted by Crippen LogP contribution is -2.39. The lowest BCUT2D eigenvalue weighted by Gasteiger charge is -2.34. The number of nitrogens with zero attached hydrogens (tertiary/aromatic N) is 1. The van der Waals surface area contributed by atoms with Crippen LogP contribution < -0.4 is 10.2 Å². The Morgan fingerprint density at radius 2 is 1.68 bits per heavy atom. The molecule has 1 N–H and O–H groups in total. The molecule has 7 rings (SSSR count). The molecule has 0 amide bonds. The minimum Gasteiger partial charge on any atom is -0.381 e. The van der Waals surface area contributed by atoms with Crippen LogP contribution in [0, 0.1) is 0 Å². The van der Waals surface area contributed by atoms with E-state index >= 15 is 0 Å². The molecule has 2 aliphatic carbocycles. The average molecular weight is 443 g/mol. The summed E-state index contributed by atoms with van der Waals surface area (Å²) in [4.78, 5) is 2.52. The molecule has 0 fully saturated rings. The Labute approximate surface area is 202 Å². The smallest absolute Gasteiger partial charge is 0.0655 e. The Morgan fingerprint density at radius 3 is 2.56 bits per heavy atom. The van der Waals surface area contributed by atoms with Crippen LogP contribution in [0.1, 0.15) is 37.8 Å². The Morgan fingerprint density at radius 1 is 0.853 bits per heavy atom. The molecule has 0 bridgehead atoms. The van der Waals surface area contributed by atoms with Crippen molar-refractivity contribution in [2.45, 2.75) is 49.6 Å². The molecule has 0 radical (unpaired) electrons. The van der Waals surface area contributed by atoms with E-state index in [1.165, 1.54) is 39.3 Å². The Balaban J connectivity index is 1.37. The predicted molar refractivity (Wildman–Crippen MR) is 143 cm³/mol. The zero-order chi connectivity index (χ0) is 22.9. The first kappa shape index (κ1) is 19.9. The number of allylic oxidation sites excluding steroid dienone is 3. The molecule has 0 spiro atoms. The average Bonchev–Trinajstić information content (AvgIpc) is 3.32. The second-order valence-electron chi connectivity index (χ2n) is 10.7. The van der Waals surface area contributed by atoms with Gasteiger partial charge < -0.3 is 10.2 Å². The van der Waals surface area contributed by atoms with Gasteiger partial charge in [-0.3, -0.25) is 0 Å². The van der Waals surface area contributed by atoms with Crippen molar-refractivity contribution < 1.29 is 0 Å². The van der Waals surface area contributed by atoms with Crippen LogP contribution in [0.5, 0.6) is 0 Å². The van der Waals surface area contributed by atoms with Crippen molar-refractivity contribution in [1.82, 2.24) is 0 Å². The zero-order valence-corrected chi connectivity index (χ0v) is 19.8. The van der Waals surface area contributed by atoms with Crippen LogP contribution in [0.2, 0.25) is 0 Å².